The Labute approximate surface area is 131 Å². The molecule has 2 nitrogen and oxygen atoms in total. The number of hydrogen-bond donors (Lipinski definition) is 1. The average molecular weight is 300 g/mol. The third kappa shape index (κ3) is 3.20. The Bertz CT molecular complexity index is 538. The molecular formula is C18H24N2S. The molecule has 3 rings (SSSR count). The van der Waals surface area contributed by atoms with Crippen molar-refractivity contribution < 1.29 is 0 Å². The number of likely N-dealkylation sites (tertiary alicyclic amines) is 1. The molecule has 21 heavy (non-hydrogen) atoms. The predicted molar refractivity (Wildman–Crippen MR) is 90.7 cm³/mol. The molecule has 112 valence electrons. The quantitative estimate of drug-likeness (QED) is 0.904. The van der Waals surface area contributed by atoms with Crippen LogP contribution in [0.25, 0.3) is 0 Å². The molecule has 3 heteroatoms. The first-order chi connectivity index (χ1) is 10.3. The Morgan fingerprint density at radius 1 is 1.24 bits per heavy atom. The van der Waals surface area contributed by atoms with Gasteiger partial charge in [0.1, 0.15) is 0 Å². The van der Waals surface area contributed by atoms with E-state index in [-0.39, 0.29) is 6.04 Å². The van der Waals surface area contributed by atoms with Crippen LogP contribution >= 0.6 is 11.3 Å². The van der Waals surface area contributed by atoms with E-state index in [0.29, 0.717) is 12.0 Å². The molecule has 3 unspecified atom stereocenters. The minimum absolute atomic E-state index is 0.221. The first-order valence-electron chi connectivity index (χ1n) is 7.87. The molecule has 3 atom stereocenters. The molecule has 0 radical (unpaired) electrons. The summed E-state index contributed by atoms with van der Waals surface area (Å²) in [7, 11) is 0. The van der Waals surface area contributed by atoms with Crippen molar-refractivity contribution in [2.45, 2.75) is 37.8 Å². The summed E-state index contributed by atoms with van der Waals surface area (Å²) in [5.41, 5.74) is 7.90. The molecule has 1 aliphatic heterocycles. The van der Waals surface area contributed by atoms with Gasteiger partial charge in [0.2, 0.25) is 0 Å². The van der Waals surface area contributed by atoms with Gasteiger partial charge in [0.15, 0.2) is 0 Å². The Morgan fingerprint density at radius 3 is 2.71 bits per heavy atom. The van der Waals surface area contributed by atoms with Gasteiger partial charge in [0.05, 0.1) is 6.04 Å². The molecule has 0 amide bonds. The highest BCUT2D eigenvalue weighted by molar-refractivity contribution is 7.10. The maximum Gasteiger partial charge on any atom is 0.0593 e. The summed E-state index contributed by atoms with van der Waals surface area (Å²) in [5, 5.41) is 2.16. The van der Waals surface area contributed by atoms with Crippen LogP contribution in [-0.2, 0) is 0 Å². The second-order valence-corrected chi connectivity index (χ2v) is 6.90. The van der Waals surface area contributed by atoms with Gasteiger partial charge in [-0.3, -0.25) is 4.90 Å². The lowest BCUT2D eigenvalue weighted by Gasteiger charge is -2.31. The summed E-state index contributed by atoms with van der Waals surface area (Å²) in [6.45, 7) is 4.46. The highest BCUT2D eigenvalue weighted by Crippen LogP contribution is 2.36. The maximum absolute atomic E-state index is 6.44. The zero-order valence-electron chi connectivity index (χ0n) is 12.6. The van der Waals surface area contributed by atoms with E-state index in [1.807, 2.05) is 11.3 Å². The van der Waals surface area contributed by atoms with Crippen molar-refractivity contribution in [2.24, 2.45) is 5.73 Å². The molecule has 2 aromatic rings. The number of rotatable bonds is 5. The lowest BCUT2D eigenvalue weighted by atomic mass is 9.98. The third-order valence-corrected chi connectivity index (χ3v) is 5.54. The van der Waals surface area contributed by atoms with Crippen LogP contribution in [0.5, 0.6) is 0 Å². The van der Waals surface area contributed by atoms with Gasteiger partial charge >= 0.3 is 0 Å². The van der Waals surface area contributed by atoms with Crippen LogP contribution in [0.4, 0.5) is 0 Å². The van der Waals surface area contributed by atoms with Gasteiger partial charge in [-0.05, 0) is 42.3 Å². The lowest BCUT2D eigenvalue weighted by Crippen LogP contribution is -2.39. The molecular weight excluding hydrogens is 276 g/mol. The predicted octanol–water partition coefficient (Wildman–Crippen LogP) is 4.02. The number of benzene rings is 1. The molecule has 0 aliphatic carbocycles. The Hall–Kier alpha value is -1.16. The van der Waals surface area contributed by atoms with E-state index >= 15 is 0 Å². The molecule has 1 aliphatic rings. The SMILES string of the molecule is CCC(N)C(c1cccs1)N1CCC(c2ccccc2)C1. The van der Waals surface area contributed by atoms with Gasteiger partial charge in [-0.2, -0.15) is 0 Å². The Kier molecular flexibility index (Phi) is 4.73. The van der Waals surface area contributed by atoms with Crippen LogP contribution in [0.1, 0.15) is 42.2 Å². The van der Waals surface area contributed by atoms with Crippen LogP contribution in [0.2, 0.25) is 0 Å². The van der Waals surface area contributed by atoms with Gasteiger partial charge in [-0.1, -0.05) is 43.3 Å². The first kappa shape index (κ1) is 14.8. The summed E-state index contributed by atoms with van der Waals surface area (Å²) >= 11 is 1.84. The Balaban J connectivity index is 1.76. The van der Waals surface area contributed by atoms with E-state index in [4.69, 9.17) is 5.73 Å². The Morgan fingerprint density at radius 2 is 2.05 bits per heavy atom. The summed E-state index contributed by atoms with van der Waals surface area (Å²) in [6.07, 6.45) is 2.26. The fourth-order valence-electron chi connectivity index (χ4n) is 3.38. The van der Waals surface area contributed by atoms with Crippen molar-refractivity contribution in [3.63, 3.8) is 0 Å². The maximum atomic E-state index is 6.44. The number of nitrogens with two attached hydrogens (primary N) is 1. The minimum Gasteiger partial charge on any atom is -0.326 e. The third-order valence-electron chi connectivity index (χ3n) is 4.60. The zero-order valence-corrected chi connectivity index (χ0v) is 13.4. The highest BCUT2D eigenvalue weighted by Gasteiger charge is 2.33. The largest absolute Gasteiger partial charge is 0.326 e. The molecule has 0 bridgehead atoms. The molecule has 1 saturated heterocycles. The molecule has 2 N–H and O–H groups in total. The average Bonchev–Trinajstić information content (AvgIpc) is 3.20. The van der Waals surface area contributed by atoms with E-state index in [1.165, 1.54) is 16.9 Å². The van der Waals surface area contributed by atoms with Crippen molar-refractivity contribution in [3.8, 4) is 0 Å². The topological polar surface area (TPSA) is 29.3 Å². The van der Waals surface area contributed by atoms with Crippen molar-refractivity contribution >= 4 is 11.3 Å². The summed E-state index contributed by atoms with van der Waals surface area (Å²) in [5.74, 6) is 0.651. The van der Waals surface area contributed by atoms with E-state index < -0.39 is 0 Å². The van der Waals surface area contributed by atoms with Crippen LogP contribution < -0.4 is 5.73 Å². The second-order valence-electron chi connectivity index (χ2n) is 5.92. The fraction of sp³-hybridized carbons (Fsp3) is 0.444. The normalized spacial score (nSPS) is 22.3. The molecule has 0 saturated carbocycles. The summed E-state index contributed by atoms with van der Waals surface area (Å²) in [4.78, 5) is 4.01. The van der Waals surface area contributed by atoms with Gasteiger partial charge in [-0.15, -0.1) is 11.3 Å². The van der Waals surface area contributed by atoms with Gasteiger partial charge in [0.25, 0.3) is 0 Å². The monoisotopic (exact) mass is 300 g/mol. The molecule has 1 fully saturated rings. The van der Waals surface area contributed by atoms with Crippen LogP contribution in [-0.4, -0.2) is 24.0 Å². The molecule has 2 heterocycles. The van der Waals surface area contributed by atoms with Crippen LogP contribution in [0.3, 0.4) is 0 Å². The molecule has 1 aromatic heterocycles. The van der Waals surface area contributed by atoms with E-state index in [0.717, 1.165) is 19.5 Å². The van der Waals surface area contributed by atoms with Crippen LogP contribution in [0.15, 0.2) is 47.8 Å². The van der Waals surface area contributed by atoms with Gasteiger partial charge in [0, 0.05) is 17.5 Å². The second kappa shape index (κ2) is 6.73. The van der Waals surface area contributed by atoms with Crippen molar-refractivity contribution in [2.75, 3.05) is 13.1 Å². The molecule has 0 spiro atoms. The highest BCUT2D eigenvalue weighted by atomic mass is 32.1. The van der Waals surface area contributed by atoms with E-state index in [1.54, 1.807) is 0 Å². The van der Waals surface area contributed by atoms with Gasteiger partial charge < -0.3 is 5.73 Å². The zero-order chi connectivity index (χ0) is 14.7. The van der Waals surface area contributed by atoms with Crippen molar-refractivity contribution in [1.29, 1.82) is 0 Å². The van der Waals surface area contributed by atoms with Crippen LogP contribution in [0, 0.1) is 0 Å². The van der Waals surface area contributed by atoms with Gasteiger partial charge in [-0.25, -0.2) is 0 Å². The summed E-state index contributed by atoms with van der Waals surface area (Å²) < 4.78 is 0. The first-order valence-corrected chi connectivity index (χ1v) is 8.75. The lowest BCUT2D eigenvalue weighted by molar-refractivity contribution is 0.210. The van der Waals surface area contributed by atoms with Crippen molar-refractivity contribution in [1.82, 2.24) is 4.90 Å². The number of hydrogen-bond acceptors (Lipinski definition) is 3. The molecule has 1 aromatic carbocycles. The van der Waals surface area contributed by atoms with E-state index in [9.17, 15) is 0 Å². The standard InChI is InChI=1S/C18H24N2S/c1-2-16(19)18(17-9-6-12-21-17)20-11-10-15(13-20)14-7-4-3-5-8-14/h3-9,12,15-16,18H,2,10-11,13,19H2,1H3. The van der Waals surface area contributed by atoms with E-state index in [2.05, 4.69) is 59.7 Å². The number of thiophene rings is 1. The summed E-state index contributed by atoms with van der Waals surface area (Å²) in [6, 6.07) is 15.9. The fourth-order valence-corrected chi connectivity index (χ4v) is 4.32. The smallest absolute Gasteiger partial charge is 0.0593 e. The number of nitrogens with zero attached hydrogens (tertiary/aromatic N) is 1. The van der Waals surface area contributed by atoms with Crippen molar-refractivity contribution in [3.05, 3.63) is 58.3 Å². The minimum atomic E-state index is 0.221.